The molecule has 0 amide bonds. The Hall–Kier alpha value is -0.820. The number of hydrogen-bond donors (Lipinski definition) is 1. The van der Waals surface area contributed by atoms with Crippen molar-refractivity contribution in [2.45, 2.75) is 32.3 Å². The first kappa shape index (κ1) is 12.2. The number of aliphatic hydroxyl groups is 1. The lowest BCUT2D eigenvalue weighted by atomic mass is 9.95. The summed E-state index contributed by atoms with van der Waals surface area (Å²) < 4.78 is 0. The quantitative estimate of drug-likeness (QED) is 0.471. The molecule has 0 aliphatic rings. The second-order valence-electron chi connectivity index (χ2n) is 3.15. The SMILES string of the molecule is C=CC=CC(CCCC)C(O)C=C. The van der Waals surface area contributed by atoms with Crippen molar-refractivity contribution in [2.75, 3.05) is 0 Å². The highest BCUT2D eigenvalue weighted by Gasteiger charge is 2.11. The summed E-state index contributed by atoms with van der Waals surface area (Å²) in [5.74, 6) is 0.190. The van der Waals surface area contributed by atoms with Gasteiger partial charge in [-0.15, -0.1) is 6.58 Å². The van der Waals surface area contributed by atoms with E-state index >= 15 is 0 Å². The Kier molecular flexibility index (Phi) is 7.32. The zero-order valence-corrected chi connectivity index (χ0v) is 8.45. The third-order valence-corrected chi connectivity index (χ3v) is 2.07. The Morgan fingerprint density at radius 3 is 2.54 bits per heavy atom. The number of unbranched alkanes of at least 4 members (excludes halogenated alkanes) is 1. The molecular weight excluding hydrogens is 160 g/mol. The van der Waals surface area contributed by atoms with Crippen molar-refractivity contribution in [2.24, 2.45) is 5.92 Å². The molecule has 0 aromatic carbocycles. The van der Waals surface area contributed by atoms with Gasteiger partial charge in [-0.05, 0) is 6.42 Å². The summed E-state index contributed by atoms with van der Waals surface area (Å²) in [5, 5.41) is 9.57. The Labute approximate surface area is 81.5 Å². The molecule has 0 heterocycles. The van der Waals surface area contributed by atoms with Gasteiger partial charge in [0.1, 0.15) is 0 Å². The van der Waals surface area contributed by atoms with Crippen molar-refractivity contribution in [1.29, 1.82) is 0 Å². The molecule has 0 saturated carbocycles. The molecule has 0 bridgehead atoms. The highest BCUT2D eigenvalue weighted by molar-refractivity contribution is 5.04. The summed E-state index contributed by atoms with van der Waals surface area (Å²) in [6.07, 6.45) is 10.1. The van der Waals surface area contributed by atoms with E-state index in [0.29, 0.717) is 0 Å². The standard InChI is InChI=1S/C12H20O/c1-4-7-9-11(10-8-5-2)12(13)6-3/h4,6-7,9,11-13H,1,3,5,8,10H2,2H3. The summed E-state index contributed by atoms with van der Waals surface area (Å²) in [6.45, 7) is 9.34. The van der Waals surface area contributed by atoms with E-state index in [0.717, 1.165) is 19.3 Å². The van der Waals surface area contributed by atoms with Gasteiger partial charge in [0, 0.05) is 5.92 Å². The first-order valence-electron chi connectivity index (χ1n) is 4.86. The van der Waals surface area contributed by atoms with E-state index in [1.54, 1.807) is 12.2 Å². The largest absolute Gasteiger partial charge is 0.388 e. The van der Waals surface area contributed by atoms with Gasteiger partial charge in [0.25, 0.3) is 0 Å². The first-order valence-corrected chi connectivity index (χ1v) is 4.86. The fourth-order valence-electron chi connectivity index (χ4n) is 1.22. The van der Waals surface area contributed by atoms with Gasteiger partial charge in [-0.1, -0.05) is 50.6 Å². The topological polar surface area (TPSA) is 20.2 Å². The third kappa shape index (κ3) is 5.42. The second kappa shape index (κ2) is 7.81. The molecule has 0 rings (SSSR count). The fraction of sp³-hybridized carbons (Fsp3) is 0.500. The van der Waals surface area contributed by atoms with Crippen LogP contribution in [0.25, 0.3) is 0 Å². The van der Waals surface area contributed by atoms with Crippen LogP contribution in [0.5, 0.6) is 0 Å². The van der Waals surface area contributed by atoms with Crippen LogP contribution in [-0.4, -0.2) is 11.2 Å². The molecule has 1 nitrogen and oxygen atoms in total. The number of aliphatic hydroxyl groups excluding tert-OH is 1. The van der Waals surface area contributed by atoms with Gasteiger partial charge in [0.15, 0.2) is 0 Å². The van der Waals surface area contributed by atoms with Crippen LogP contribution in [0.4, 0.5) is 0 Å². The zero-order valence-electron chi connectivity index (χ0n) is 8.45. The van der Waals surface area contributed by atoms with Gasteiger partial charge >= 0.3 is 0 Å². The third-order valence-electron chi connectivity index (χ3n) is 2.07. The molecule has 0 fully saturated rings. The highest BCUT2D eigenvalue weighted by Crippen LogP contribution is 2.15. The molecule has 0 saturated heterocycles. The van der Waals surface area contributed by atoms with Crippen molar-refractivity contribution in [3.63, 3.8) is 0 Å². The molecule has 0 aliphatic carbocycles. The minimum atomic E-state index is -0.428. The van der Waals surface area contributed by atoms with Crippen LogP contribution in [-0.2, 0) is 0 Å². The number of rotatable bonds is 7. The molecule has 13 heavy (non-hydrogen) atoms. The van der Waals surface area contributed by atoms with Crippen LogP contribution >= 0.6 is 0 Å². The average molecular weight is 180 g/mol. The first-order chi connectivity index (χ1) is 6.26. The molecule has 0 aromatic heterocycles. The van der Waals surface area contributed by atoms with E-state index < -0.39 is 6.10 Å². The molecule has 2 unspecified atom stereocenters. The van der Waals surface area contributed by atoms with Crippen LogP contribution in [0.2, 0.25) is 0 Å². The predicted octanol–water partition coefficient (Wildman–Crippen LogP) is 3.08. The predicted molar refractivity (Wildman–Crippen MR) is 58.6 cm³/mol. The van der Waals surface area contributed by atoms with Crippen molar-refractivity contribution >= 4 is 0 Å². The van der Waals surface area contributed by atoms with E-state index in [4.69, 9.17) is 0 Å². The van der Waals surface area contributed by atoms with Crippen LogP contribution in [0.1, 0.15) is 26.2 Å². The van der Waals surface area contributed by atoms with Crippen LogP contribution in [0.15, 0.2) is 37.5 Å². The van der Waals surface area contributed by atoms with Gasteiger partial charge in [-0.2, -0.15) is 0 Å². The summed E-state index contributed by atoms with van der Waals surface area (Å²) in [6, 6.07) is 0. The maximum atomic E-state index is 9.57. The zero-order chi connectivity index (χ0) is 10.1. The molecule has 0 spiro atoms. The van der Waals surface area contributed by atoms with E-state index in [2.05, 4.69) is 20.1 Å². The molecule has 0 aromatic rings. The van der Waals surface area contributed by atoms with Gasteiger partial charge in [-0.25, -0.2) is 0 Å². The second-order valence-corrected chi connectivity index (χ2v) is 3.15. The van der Waals surface area contributed by atoms with E-state index in [-0.39, 0.29) is 5.92 Å². The van der Waals surface area contributed by atoms with Gasteiger partial charge < -0.3 is 5.11 Å². The normalized spacial score (nSPS) is 15.5. The molecule has 1 heteroatoms. The molecule has 0 radical (unpaired) electrons. The lowest BCUT2D eigenvalue weighted by Crippen LogP contribution is -2.15. The summed E-state index contributed by atoms with van der Waals surface area (Å²) in [7, 11) is 0. The Bertz CT molecular complexity index is 170. The average Bonchev–Trinajstić information content (AvgIpc) is 2.17. The lowest BCUT2D eigenvalue weighted by Gasteiger charge is -2.15. The molecule has 74 valence electrons. The van der Waals surface area contributed by atoms with Crippen molar-refractivity contribution in [1.82, 2.24) is 0 Å². The van der Waals surface area contributed by atoms with Crippen LogP contribution in [0.3, 0.4) is 0 Å². The summed E-state index contributed by atoms with van der Waals surface area (Å²) in [4.78, 5) is 0. The van der Waals surface area contributed by atoms with Crippen molar-refractivity contribution < 1.29 is 5.11 Å². The van der Waals surface area contributed by atoms with Gasteiger partial charge in [-0.3, -0.25) is 0 Å². The van der Waals surface area contributed by atoms with Crippen molar-refractivity contribution in [3.8, 4) is 0 Å². The minimum absolute atomic E-state index is 0.190. The smallest absolute Gasteiger partial charge is 0.0780 e. The van der Waals surface area contributed by atoms with Crippen molar-refractivity contribution in [3.05, 3.63) is 37.5 Å². The van der Waals surface area contributed by atoms with E-state index in [1.807, 2.05) is 12.2 Å². The monoisotopic (exact) mass is 180 g/mol. The molecule has 0 aliphatic heterocycles. The van der Waals surface area contributed by atoms with E-state index in [1.165, 1.54) is 0 Å². The maximum Gasteiger partial charge on any atom is 0.0780 e. The number of hydrogen-bond acceptors (Lipinski definition) is 1. The Morgan fingerprint density at radius 1 is 1.38 bits per heavy atom. The summed E-state index contributed by atoms with van der Waals surface area (Å²) in [5.41, 5.74) is 0. The van der Waals surface area contributed by atoms with Gasteiger partial charge in [0.2, 0.25) is 0 Å². The lowest BCUT2D eigenvalue weighted by molar-refractivity contribution is 0.170. The molecule has 1 N–H and O–H groups in total. The maximum absolute atomic E-state index is 9.57. The fourth-order valence-corrected chi connectivity index (χ4v) is 1.22. The minimum Gasteiger partial charge on any atom is -0.388 e. The molecular formula is C12H20O. The Balaban J connectivity index is 4.08. The number of allylic oxidation sites excluding steroid dienone is 2. The van der Waals surface area contributed by atoms with Crippen LogP contribution < -0.4 is 0 Å². The molecule has 2 atom stereocenters. The van der Waals surface area contributed by atoms with Gasteiger partial charge in [0.05, 0.1) is 6.10 Å². The summed E-state index contributed by atoms with van der Waals surface area (Å²) >= 11 is 0. The highest BCUT2D eigenvalue weighted by atomic mass is 16.3. The van der Waals surface area contributed by atoms with Crippen LogP contribution in [0, 0.1) is 5.92 Å². The van der Waals surface area contributed by atoms with E-state index in [9.17, 15) is 5.11 Å². The Morgan fingerprint density at radius 2 is 2.08 bits per heavy atom.